The van der Waals surface area contributed by atoms with Gasteiger partial charge in [-0.1, -0.05) is 0 Å². The highest BCUT2D eigenvalue weighted by molar-refractivity contribution is 5.49. The summed E-state index contributed by atoms with van der Waals surface area (Å²) in [5.41, 5.74) is 0.501. The quantitative estimate of drug-likeness (QED) is 0.922. The molecule has 0 atom stereocenters. The molecule has 0 spiro atoms. The van der Waals surface area contributed by atoms with Crippen LogP contribution in [0.25, 0.3) is 5.69 Å². The summed E-state index contributed by atoms with van der Waals surface area (Å²) < 4.78 is 12.2. The minimum absolute atomic E-state index is 0.230. The van der Waals surface area contributed by atoms with Gasteiger partial charge in [0.1, 0.15) is 5.82 Å². The van der Waals surface area contributed by atoms with Gasteiger partial charge in [0.15, 0.2) is 11.5 Å². The molecule has 7 heteroatoms. The fraction of sp³-hybridized carbons (Fsp3) is 0.500. The lowest BCUT2D eigenvalue weighted by atomic mass is 9.96. The Morgan fingerprint density at radius 1 is 1.17 bits per heavy atom. The van der Waals surface area contributed by atoms with Crippen LogP contribution in [0.4, 0.5) is 0 Å². The number of rotatable bonds is 4. The molecule has 23 heavy (non-hydrogen) atoms. The molecule has 1 aromatic heterocycles. The largest absolute Gasteiger partial charge is 0.493 e. The van der Waals surface area contributed by atoms with Crippen molar-refractivity contribution in [2.24, 2.45) is 0 Å². The number of aromatic amines is 1. The van der Waals surface area contributed by atoms with Crippen LogP contribution in [0.2, 0.25) is 0 Å². The van der Waals surface area contributed by atoms with Crippen LogP contribution in [0.15, 0.2) is 23.0 Å². The van der Waals surface area contributed by atoms with E-state index in [0.29, 0.717) is 11.5 Å². The summed E-state index contributed by atoms with van der Waals surface area (Å²) in [6.45, 7) is 2.02. The van der Waals surface area contributed by atoms with Crippen LogP contribution < -0.4 is 15.2 Å². The molecule has 1 N–H and O–H groups in total. The lowest BCUT2D eigenvalue weighted by Crippen LogP contribution is -2.31. The first-order chi connectivity index (χ1) is 11.1. The van der Waals surface area contributed by atoms with Crippen molar-refractivity contribution in [2.45, 2.75) is 18.8 Å². The van der Waals surface area contributed by atoms with E-state index in [2.05, 4.69) is 22.1 Å². The highest BCUT2D eigenvalue weighted by Gasteiger charge is 2.25. The molecule has 7 nitrogen and oxygen atoms in total. The number of piperidine rings is 1. The topological polar surface area (TPSA) is 72.4 Å². The molecule has 124 valence electrons. The van der Waals surface area contributed by atoms with Crippen LogP contribution in [-0.4, -0.2) is 54.0 Å². The first-order valence-electron chi connectivity index (χ1n) is 7.72. The Labute approximate surface area is 134 Å². The van der Waals surface area contributed by atoms with Crippen molar-refractivity contribution in [3.8, 4) is 17.2 Å². The van der Waals surface area contributed by atoms with Gasteiger partial charge in [0.2, 0.25) is 0 Å². The van der Waals surface area contributed by atoms with Crippen LogP contribution in [0.5, 0.6) is 11.5 Å². The Kier molecular flexibility index (Phi) is 4.38. The smallest absolute Gasteiger partial charge is 0.347 e. The third kappa shape index (κ3) is 2.96. The zero-order valence-electron chi connectivity index (χ0n) is 13.7. The van der Waals surface area contributed by atoms with E-state index in [1.807, 2.05) is 6.07 Å². The van der Waals surface area contributed by atoms with E-state index in [4.69, 9.17) is 9.47 Å². The maximum atomic E-state index is 12.3. The lowest BCUT2D eigenvalue weighted by Gasteiger charge is -2.28. The number of nitrogens with one attached hydrogen (secondary N) is 1. The van der Waals surface area contributed by atoms with Crippen molar-refractivity contribution < 1.29 is 9.47 Å². The SMILES string of the molecule is COc1ccc(-n2c(C3CCN(C)CC3)n[nH]c2=O)cc1OC. The molecule has 1 aliphatic heterocycles. The molecular formula is C16H22N4O3. The van der Waals surface area contributed by atoms with Crippen molar-refractivity contribution in [3.63, 3.8) is 0 Å². The first kappa shape index (κ1) is 15.6. The predicted molar refractivity (Wildman–Crippen MR) is 86.8 cm³/mol. The van der Waals surface area contributed by atoms with Gasteiger partial charge in [-0.25, -0.2) is 14.5 Å². The highest BCUT2D eigenvalue weighted by atomic mass is 16.5. The Morgan fingerprint density at radius 3 is 2.52 bits per heavy atom. The second-order valence-electron chi connectivity index (χ2n) is 5.84. The first-order valence-corrected chi connectivity index (χ1v) is 7.72. The molecule has 3 rings (SSSR count). The zero-order chi connectivity index (χ0) is 16.4. The molecule has 0 aliphatic carbocycles. The van der Waals surface area contributed by atoms with E-state index in [-0.39, 0.29) is 11.6 Å². The van der Waals surface area contributed by atoms with Crippen molar-refractivity contribution >= 4 is 0 Å². The Hall–Kier alpha value is -2.28. The summed E-state index contributed by atoms with van der Waals surface area (Å²) in [6, 6.07) is 5.44. The molecule has 1 aromatic carbocycles. The maximum Gasteiger partial charge on any atom is 0.347 e. The van der Waals surface area contributed by atoms with Gasteiger partial charge >= 0.3 is 5.69 Å². The molecule has 0 saturated carbocycles. The van der Waals surface area contributed by atoms with Gasteiger partial charge in [0.05, 0.1) is 19.9 Å². The van der Waals surface area contributed by atoms with E-state index in [1.54, 1.807) is 30.9 Å². The van der Waals surface area contributed by atoms with Gasteiger partial charge in [0, 0.05) is 12.0 Å². The van der Waals surface area contributed by atoms with Crippen molar-refractivity contribution in [2.75, 3.05) is 34.4 Å². The van der Waals surface area contributed by atoms with Crippen LogP contribution in [0.3, 0.4) is 0 Å². The second kappa shape index (κ2) is 6.45. The standard InChI is InChI=1S/C16H22N4O3/c1-19-8-6-11(7-9-19)15-17-18-16(21)20(15)12-4-5-13(22-2)14(10-12)23-3/h4-5,10-11H,6-9H2,1-3H3,(H,18,21). The van der Waals surface area contributed by atoms with Crippen LogP contribution in [-0.2, 0) is 0 Å². The predicted octanol–water partition coefficient (Wildman–Crippen LogP) is 1.39. The minimum atomic E-state index is -0.230. The number of ether oxygens (including phenoxy) is 2. The lowest BCUT2D eigenvalue weighted by molar-refractivity contribution is 0.250. The van der Waals surface area contributed by atoms with Crippen molar-refractivity contribution in [1.29, 1.82) is 0 Å². The monoisotopic (exact) mass is 318 g/mol. The molecule has 0 unspecified atom stereocenters. The molecule has 0 radical (unpaired) electrons. The Balaban J connectivity index is 2.00. The number of nitrogens with zero attached hydrogens (tertiary/aromatic N) is 3. The van der Waals surface area contributed by atoms with E-state index in [1.165, 1.54) is 0 Å². The van der Waals surface area contributed by atoms with Gasteiger partial charge < -0.3 is 14.4 Å². The van der Waals surface area contributed by atoms with Gasteiger partial charge in [0.25, 0.3) is 0 Å². The fourth-order valence-electron chi connectivity index (χ4n) is 3.06. The number of H-pyrrole nitrogens is 1. The molecule has 2 heterocycles. The second-order valence-corrected chi connectivity index (χ2v) is 5.84. The normalized spacial score (nSPS) is 16.5. The number of likely N-dealkylation sites (tertiary alicyclic amines) is 1. The molecule has 2 aromatic rings. The van der Waals surface area contributed by atoms with E-state index in [9.17, 15) is 4.79 Å². The van der Waals surface area contributed by atoms with Gasteiger partial charge in [-0.05, 0) is 45.1 Å². The average Bonchev–Trinajstić information content (AvgIpc) is 2.96. The number of hydrogen-bond acceptors (Lipinski definition) is 5. The molecule has 0 bridgehead atoms. The van der Waals surface area contributed by atoms with Gasteiger partial charge in [-0.15, -0.1) is 0 Å². The van der Waals surface area contributed by atoms with Gasteiger partial charge in [-0.3, -0.25) is 0 Å². The summed E-state index contributed by atoms with van der Waals surface area (Å²) in [7, 11) is 5.28. The van der Waals surface area contributed by atoms with E-state index < -0.39 is 0 Å². The Bertz CT molecular complexity index is 729. The highest BCUT2D eigenvalue weighted by Crippen LogP contribution is 2.31. The Morgan fingerprint density at radius 2 is 1.87 bits per heavy atom. The fourth-order valence-corrected chi connectivity index (χ4v) is 3.06. The third-order valence-corrected chi connectivity index (χ3v) is 4.41. The van der Waals surface area contributed by atoms with Crippen LogP contribution in [0.1, 0.15) is 24.6 Å². The van der Waals surface area contributed by atoms with Crippen molar-refractivity contribution in [1.82, 2.24) is 19.7 Å². The van der Waals surface area contributed by atoms with Crippen LogP contribution in [0, 0.1) is 0 Å². The number of hydrogen-bond donors (Lipinski definition) is 1. The van der Waals surface area contributed by atoms with Crippen LogP contribution >= 0.6 is 0 Å². The van der Waals surface area contributed by atoms with Crippen molar-refractivity contribution in [3.05, 3.63) is 34.5 Å². The zero-order valence-corrected chi connectivity index (χ0v) is 13.7. The van der Waals surface area contributed by atoms with Gasteiger partial charge in [-0.2, -0.15) is 5.10 Å². The maximum absolute atomic E-state index is 12.3. The summed E-state index contributed by atoms with van der Waals surface area (Å²) in [5.74, 6) is 2.29. The molecule has 1 saturated heterocycles. The third-order valence-electron chi connectivity index (χ3n) is 4.41. The molecule has 1 fully saturated rings. The molecule has 1 aliphatic rings. The summed E-state index contributed by atoms with van der Waals surface area (Å²) >= 11 is 0. The number of methoxy groups -OCH3 is 2. The molecular weight excluding hydrogens is 296 g/mol. The summed E-state index contributed by atoms with van der Waals surface area (Å²) in [5, 5.41) is 6.86. The van der Waals surface area contributed by atoms with E-state index >= 15 is 0 Å². The van der Waals surface area contributed by atoms with E-state index in [0.717, 1.165) is 37.4 Å². The summed E-state index contributed by atoms with van der Waals surface area (Å²) in [4.78, 5) is 14.6. The molecule has 0 amide bonds. The number of aromatic nitrogens is 3. The number of benzene rings is 1. The summed E-state index contributed by atoms with van der Waals surface area (Å²) in [6.07, 6.45) is 1.99. The minimum Gasteiger partial charge on any atom is -0.493 e. The average molecular weight is 318 g/mol.